The molecule has 0 heterocycles. The Bertz CT molecular complexity index is 590. The smallest absolute Gasteiger partial charge is 0.335 e. The molecule has 2 aliphatic carbocycles. The van der Waals surface area contributed by atoms with Crippen LogP contribution in [0.15, 0.2) is 22.7 Å². The second-order valence-electron chi connectivity index (χ2n) is 5.88. The molecule has 2 amide bonds. The average Bonchev–Trinajstić information content (AvgIpc) is 3.03. The summed E-state index contributed by atoms with van der Waals surface area (Å²) in [5.41, 5.74) is 0.615. The molecule has 5 nitrogen and oxygen atoms in total. The van der Waals surface area contributed by atoms with Gasteiger partial charge in [0.2, 0.25) is 0 Å². The molecule has 1 aromatic rings. The van der Waals surface area contributed by atoms with Gasteiger partial charge in [-0.3, -0.25) is 0 Å². The average molecular weight is 353 g/mol. The Labute approximate surface area is 131 Å². The molecule has 3 atom stereocenters. The molecule has 112 valence electrons. The summed E-state index contributed by atoms with van der Waals surface area (Å²) in [6.07, 6.45) is 4.78. The second-order valence-corrected chi connectivity index (χ2v) is 6.73. The lowest BCUT2D eigenvalue weighted by Crippen LogP contribution is -2.41. The highest BCUT2D eigenvalue weighted by atomic mass is 79.9. The van der Waals surface area contributed by atoms with Crippen LogP contribution in [0.25, 0.3) is 0 Å². The van der Waals surface area contributed by atoms with Crippen molar-refractivity contribution >= 4 is 33.6 Å². The highest BCUT2D eigenvalue weighted by Gasteiger charge is 2.40. The van der Waals surface area contributed by atoms with Crippen molar-refractivity contribution in [2.45, 2.75) is 31.7 Å². The number of amides is 2. The minimum Gasteiger partial charge on any atom is -0.478 e. The predicted octanol–water partition coefficient (Wildman–Crippen LogP) is 3.46. The number of hydrogen-bond donors (Lipinski definition) is 3. The van der Waals surface area contributed by atoms with E-state index in [0.717, 1.165) is 12.3 Å². The molecule has 1 aromatic carbocycles. The van der Waals surface area contributed by atoms with E-state index in [1.54, 1.807) is 6.07 Å². The van der Waals surface area contributed by atoms with E-state index in [1.807, 2.05) is 0 Å². The number of carboxylic acids is 1. The first kappa shape index (κ1) is 14.4. The number of anilines is 1. The highest BCUT2D eigenvalue weighted by molar-refractivity contribution is 9.10. The van der Waals surface area contributed by atoms with Crippen LogP contribution in [0.3, 0.4) is 0 Å². The third kappa shape index (κ3) is 3.05. The van der Waals surface area contributed by atoms with Crippen molar-refractivity contribution in [1.82, 2.24) is 5.32 Å². The van der Waals surface area contributed by atoms with Gasteiger partial charge in [-0.15, -0.1) is 0 Å². The van der Waals surface area contributed by atoms with Crippen LogP contribution < -0.4 is 10.6 Å². The monoisotopic (exact) mass is 352 g/mol. The first-order valence-electron chi connectivity index (χ1n) is 7.13. The summed E-state index contributed by atoms with van der Waals surface area (Å²) in [6, 6.07) is 4.55. The quantitative estimate of drug-likeness (QED) is 0.779. The lowest BCUT2D eigenvalue weighted by Gasteiger charge is -2.23. The molecular formula is C15H17BrN2O3. The molecule has 0 radical (unpaired) electrons. The Hall–Kier alpha value is -1.56. The number of carbonyl (C=O) groups is 2. The lowest BCUT2D eigenvalue weighted by atomic mass is 9.95. The van der Waals surface area contributed by atoms with Crippen molar-refractivity contribution in [2.75, 3.05) is 5.32 Å². The molecule has 3 unspecified atom stereocenters. The zero-order chi connectivity index (χ0) is 15.0. The van der Waals surface area contributed by atoms with Gasteiger partial charge in [0.05, 0.1) is 11.3 Å². The Morgan fingerprint density at radius 2 is 2.05 bits per heavy atom. The molecule has 2 aliphatic rings. The summed E-state index contributed by atoms with van der Waals surface area (Å²) in [5, 5.41) is 14.7. The maximum absolute atomic E-state index is 12.1. The Morgan fingerprint density at radius 3 is 2.67 bits per heavy atom. The molecule has 21 heavy (non-hydrogen) atoms. The summed E-state index contributed by atoms with van der Waals surface area (Å²) in [4.78, 5) is 23.1. The predicted molar refractivity (Wildman–Crippen MR) is 82.5 cm³/mol. The molecule has 0 aromatic heterocycles. The topological polar surface area (TPSA) is 78.4 Å². The van der Waals surface area contributed by atoms with Crippen LogP contribution in [-0.4, -0.2) is 23.1 Å². The minimum absolute atomic E-state index is 0.147. The number of carboxylic acid groups (broad SMARTS) is 1. The third-order valence-electron chi connectivity index (χ3n) is 4.52. The Kier molecular flexibility index (Phi) is 3.89. The van der Waals surface area contributed by atoms with E-state index >= 15 is 0 Å². The van der Waals surface area contributed by atoms with Crippen LogP contribution in [-0.2, 0) is 0 Å². The van der Waals surface area contributed by atoms with E-state index in [9.17, 15) is 9.59 Å². The van der Waals surface area contributed by atoms with Crippen LogP contribution in [0, 0.1) is 11.8 Å². The van der Waals surface area contributed by atoms with Gasteiger partial charge in [0.1, 0.15) is 0 Å². The van der Waals surface area contributed by atoms with Crippen LogP contribution in [0.5, 0.6) is 0 Å². The number of urea groups is 1. The summed E-state index contributed by atoms with van der Waals surface area (Å²) >= 11 is 3.32. The maximum atomic E-state index is 12.1. The zero-order valence-electron chi connectivity index (χ0n) is 11.4. The number of carbonyl (C=O) groups excluding carboxylic acids is 1. The van der Waals surface area contributed by atoms with Crippen LogP contribution in [0.2, 0.25) is 0 Å². The van der Waals surface area contributed by atoms with E-state index in [4.69, 9.17) is 5.11 Å². The van der Waals surface area contributed by atoms with Crippen molar-refractivity contribution in [3.63, 3.8) is 0 Å². The molecule has 3 rings (SSSR count). The number of halogens is 1. The minimum atomic E-state index is -1.01. The number of fused-ring (bicyclic) bond motifs is 2. The van der Waals surface area contributed by atoms with Crippen molar-refractivity contribution in [1.29, 1.82) is 0 Å². The first-order chi connectivity index (χ1) is 10.0. The van der Waals surface area contributed by atoms with Gasteiger partial charge in [-0.1, -0.05) is 6.42 Å². The first-order valence-corrected chi connectivity index (χ1v) is 7.92. The van der Waals surface area contributed by atoms with Crippen LogP contribution in [0.1, 0.15) is 36.0 Å². The summed E-state index contributed by atoms with van der Waals surface area (Å²) in [6.45, 7) is 0. The largest absolute Gasteiger partial charge is 0.478 e. The van der Waals surface area contributed by atoms with Gasteiger partial charge < -0.3 is 15.7 Å². The van der Waals surface area contributed by atoms with Crippen LogP contribution >= 0.6 is 15.9 Å². The Morgan fingerprint density at radius 1 is 1.24 bits per heavy atom. The van der Waals surface area contributed by atoms with E-state index in [1.165, 1.54) is 31.4 Å². The van der Waals surface area contributed by atoms with Gasteiger partial charge in [0.15, 0.2) is 0 Å². The maximum Gasteiger partial charge on any atom is 0.335 e. The van der Waals surface area contributed by atoms with E-state index < -0.39 is 5.97 Å². The van der Waals surface area contributed by atoms with E-state index in [2.05, 4.69) is 26.6 Å². The van der Waals surface area contributed by atoms with Gasteiger partial charge in [0.25, 0.3) is 0 Å². The van der Waals surface area contributed by atoms with Crippen molar-refractivity contribution in [2.24, 2.45) is 11.8 Å². The van der Waals surface area contributed by atoms with Crippen molar-refractivity contribution in [3.05, 3.63) is 28.2 Å². The van der Waals surface area contributed by atoms with Crippen molar-refractivity contribution in [3.8, 4) is 0 Å². The van der Waals surface area contributed by atoms with E-state index in [0.29, 0.717) is 16.1 Å². The fourth-order valence-electron chi connectivity index (χ4n) is 3.50. The van der Waals surface area contributed by atoms with Gasteiger partial charge in [-0.2, -0.15) is 0 Å². The van der Waals surface area contributed by atoms with Gasteiger partial charge in [0, 0.05) is 10.5 Å². The Balaban J connectivity index is 1.64. The van der Waals surface area contributed by atoms with Crippen molar-refractivity contribution < 1.29 is 14.7 Å². The normalized spacial score (nSPS) is 26.6. The number of benzene rings is 1. The zero-order valence-corrected chi connectivity index (χ0v) is 13.0. The lowest BCUT2D eigenvalue weighted by molar-refractivity contribution is 0.0697. The molecule has 0 spiro atoms. The molecule has 0 aliphatic heterocycles. The molecule has 2 bridgehead atoms. The molecule has 2 saturated carbocycles. The summed E-state index contributed by atoms with van der Waals surface area (Å²) in [7, 11) is 0. The van der Waals surface area contributed by atoms with Gasteiger partial charge in [-0.05, 0) is 65.2 Å². The molecule has 0 saturated heterocycles. The standard InChI is InChI=1S/C15H17BrN2O3/c16-11-4-3-10(14(19)20)7-13(11)18-15(21)17-12-6-8-1-2-9(12)5-8/h3-4,7-9,12H,1-2,5-6H2,(H,19,20)(H2,17,18,21). The third-order valence-corrected chi connectivity index (χ3v) is 5.21. The highest BCUT2D eigenvalue weighted by Crippen LogP contribution is 2.44. The molecule has 6 heteroatoms. The van der Waals surface area contributed by atoms with Gasteiger partial charge in [-0.25, -0.2) is 9.59 Å². The fourth-order valence-corrected chi connectivity index (χ4v) is 3.85. The van der Waals surface area contributed by atoms with Crippen LogP contribution in [0.4, 0.5) is 10.5 Å². The number of aromatic carboxylic acids is 1. The molecule has 2 fully saturated rings. The SMILES string of the molecule is O=C(Nc1cc(C(=O)O)ccc1Br)NC1CC2CCC1C2. The fraction of sp³-hybridized carbons (Fsp3) is 0.467. The molecular weight excluding hydrogens is 336 g/mol. The molecule has 3 N–H and O–H groups in total. The van der Waals surface area contributed by atoms with Gasteiger partial charge >= 0.3 is 12.0 Å². The summed E-state index contributed by atoms with van der Waals surface area (Å²) < 4.78 is 0.663. The van der Waals surface area contributed by atoms with E-state index in [-0.39, 0.29) is 17.6 Å². The second kappa shape index (κ2) is 5.67. The number of rotatable bonds is 3. The summed E-state index contributed by atoms with van der Waals surface area (Å²) in [5.74, 6) is 0.357. The number of hydrogen-bond acceptors (Lipinski definition) is 2. The number of nitrogens with one attached hydrogen (secondary N) is 2.